The summed E-state index contributed by atoms with van der Waals surface area (Å²) in [7, 11) is 0. The van der Waals surface area contributed by atoms with Crippen molar-refractivity contribution in [3.8, 4) is 11.3 Å². The van der Waals surface area contributed by atoms with E-state index in [1.165, 1.54) is 6.08 Å². The third-order valence-corrected chi connectivity index (χ3v) is 6.66. The van der Waals surface area contributed by atoms with E-state index in [1.807, 2.05) is 17.9 Å². The lowest BCUT2D eigenvalue weighted by atomic mass is 10.2. The Hall–Kier alpha value is -2.93. The van der Waals surface area contributed by atoms with Crippen LogP contribution in [0.25, 0.3) is 17.4 Å². The van der Waals surface area contributed by atoms with E-state index < -0.39 is 0 Å². The molecular weight excluding hydrogens is 521 g/mol. The number of hydrogen-bond acceptors (Lipinski definition) is 4. The molecule has 0 bridgehead atoms. The van der Waals surface area contributed by atoms with Gasteiger partial charge in [-0.15, -0.1) is 0 Å². The highest BCUT2D eigenvalue weighted by atomic mass is 35.5. The molecule has 9 heteroatoms. The number of furan rings is 1. The molecule has 1 aliphatic heterocycles. The molecule has 0 aliphatic carbocycles. The SMILES string of the molecule is CCCC(=O)N1CCN(c2ccc(Cl)cc2NC(=O)/C=C/c2ccc(-c3ccc(Cl)cc3Cl)o2)CC1. The van der Waals surface area contributed by atoms with E-state index in [-0.39, 0.29) is 11.8 Å². The molecule has 188 valence electrons. The summed E-state index contributed by atoms with van der Waals surface area (Å²) >= 11 is 18.4. The van der Waals surface area contributed by atoms with Crippen molar-refractivity contribution in [2.75, 3.05) is 36.4 Å². The number of anilines is 2. The minimum Gasteiger partial charge on any atom is -0.457 e. The standard InChI is InChI=1S/C27H26Cl3N3O3/c1-2-3-27(35)33-14-12-32(13-15-33)24-9-5-19(29)17-23(24)31-26(34)11-7-20-6-10-25(36-20)21-8-4-18(28)16-22(21)30/h4-11,16-17H,2-3,12-15H2,1H3,(H,31,34)/b11-7+. The van der Waals surface area contributed by atoms with Crippen molar-refractivity contribution in [2.45, 2.75) is 19.8 Å². The Kier molecular flexibility index (Phi) is 8.62. The molecule has 1 saturated heterocycles. The molecule has 1 fully saturated rings. The molecule has 36 heavy (non-hydrogen) atoms. The fourth-order valence-electron chi connectivity index (χ4n) is 4.06. The first-order valence-corrected chi connectivity index (χ1v) is 12.8. The second kappa shape index (κ2) is 11.9. The van der Waals surface area contributed by atoms with Gasteiger partial charge in [-0.05, 0) is 61.0 Å². The predicted octanol–water partition coefficient (Wildman–Crippen LogP) is 7.01. The van der Waals surface area contributed by atoms with Crippen LogP contribution >= 0.6 is 34.8 Å². The summed E-state index contributed by atoms with van der Waals surface area (Å²) in [6, 6.07) is 14.1. The van der Waals surface area contributed by atoms with Crippen LogP contribution in [0.3, 0.4) is 0 Å². The molecule has 1 N–H and O–H groups in total. The van der Waals surface area contributed by atoms with Crippen molar-refractivity contribution in [3.05, 3.63) is 75.4 Å². The molecular formula is C27H26Cl3N3O3. The summed E-state index contributed by atoms with van der Waals surface area (Å²) in [4.78, 5) is 29.0. The van der Waals surface area contributed by atoms with Gasteiger partial charge in [-0.1, -0.05) is 41.7 Å². The van der Waals surface area contributed by atoms with Crippen molar-refractivity contribution in [2.24, 2.45) is 0 Å². The van der Waals surface area contributed by atoms with E-state index in [0.29, 0.717) is 70.4 Å². The molecule has 2 heterocycles. The largest absolute Gasteiger partial charge is 0.457 e. The normalized spacial score (nSPS) is 13.9. The summed E-state index contributed by atoms with van der Waals surface area (Å²) in [6.07, 6.45) is 4.40. The fourth-order valence-corrected chi connectivity index (χ4v) is 4.74. The van der Waals surface area contributed by atoms with Gasteiger partial charge in [0.2, 0.25) is 11.8 Å². The number of carbonyl (C=O) groups is 2. The number of carbonyl (C=O) groups excluding carboxylic acids is 2. The van der Waals surface area contributed by atoms with Crippen LogP contribution < -0.4 is 10.2 Å². The first-order chi connectivity index (χ1) is 17.3. The highest BCUT2D eigenvalue weighted by Crippen LogP contribution is 2.32. The maximum Gasteiger partial charge on any atom is 0.248 e. The first kappa shape index (κ1) is 26.1. The lowest BCUT2D eigenvalue weighted by Crippen LogP contribution is -2.48. The quantitative estimate of drug-likeness (QED) is 0.324. The summed E-state index contributed by atoms with van der Waals surface area (Å²) < 4.78 is 5.82. The van der Waals surface area contributed by atoms with Gasteiger partial charge in [-0.2, -0.15) is 0 Å². The van der Waals surface area contributed by atoms with Crippen molar-refractivity contribution in [1.82, 2.24) is 4.90 Å². The van der Waals surface area contributed by atoms with E-state index in [2.05, 4.69) is 10.2 Å². The van der Waals surface area contributed by atoms with Gasteiger partial charge >= 0.3 is 0 Å². The van der Waals surface area contributed by atoms with Crippen LogP contribution in [0, 0.1) is 0 Å². The smallest absolute Gasteiger partial charge is 0.248 e. The zero-order chi connectivity index (χ0) is 25.7. The van der Waals surface area contributed by atoms with Gasteiger partial charge in [0, 0.05) is 54.3 Å². The number of nitrogens with one attached hydrogen (secondary N) is 1. The van der Waals surface area contributed by atoms with E-state index in [1.54, 1.807) is 48.5 Å². The Balaban J connectivity index is 1.42. The Morgan fingerprint density at radius 2 is 1.69 bits per heavy atom. The molecule has 3 aromatic rings. The van der Waals surface area contributed by atoms with Gasteiger partial charge in [0.15, 0.2) is 0 Å². The maximum atomic E-state index is 12.7. The van der Waals surface area contributed by atoms with Gasteiger partial charge in [-0.25, -0.2) is 0 Å². The molecule has 0 unspecified atom stereocenters. The molecule has 2 aromatic carbocycles. The lowest BCUT2D eigenvalue weighted by molar-refractivity contribution is -0.131. The number of halogens is 3. The van der Waals surface area contributed by atoms with Gasteiger partial charge in [-0.3, -0.25) is 9.59 Å². The number of rotatable bonds is 7. The third kappa shape index (κ3) is 6.44. The van der Waals surface area contributed by atoms with Crippen LogP contribution in [0.4, 0.5) is 11.4 Å². The number of piperazine rings is 1. The molecule has 1 aliphatic rings. The monoisotopic (exact) mass is 545 g/mol. The van der Waals surface area contributed by atoms with E-state index >= 15 is 0 Å². The minimum atomic E-state index is -0.322. The van der Waals surface area contributed by atoms with Crippen LogP contribution in [0.5, 0.6) is 0 Å². The summed E-state index contributed by atoms with van der Waals surface area (Å²) in [5.41, 5.74) is 2.19. The number of benzene rings is 2. The van der Waals surface area contributed by atoms with Crippen LogP contribution in [-0.4, -0.2) is 42.9 Å². The third-order valence-electron chi connectivity index (χ3n) is 5.88. The van der Waals surface area contributed by atoms with E-state index in [9.17, 15) is 9.59 Å². The van der Waals surface area contributed by atoms with Crippen molar-refractivity contribution < 1.29 is 14.0 Å². The minimum absolute atomic E-state index is 0.186. The zero-order valence-corrected chi connectivity index (χ0v) is 22.0. The Morgan fingerprint density at radius 1 is 0.972 bits per heavy atom. The average molecular weight is 547 g/mol. The highest BCUT2D eigenvalue weighted by Gasteiger charge is 2.22. The van der Waals surface area contributed by atoms with E-state index in [0.717, 1.165) is 12.1 Å². The fraction of sp³-hybridized carbons (Fsp3) is 0.259. The zero-order valence-electron chi connectivity index (χ0n) is 19.8. The molecule has 0 spiro atoms. The summed E-state index contributed by atoms with van der Waals surface area (Å²) in [5.74, 6) is 0.944. The Labute approximate surface area is 225 Å². The molecule has 4 rings (SSSR count). The Bertz CT molecular complexity index is 1280. The number of hydrogen-bond donors (Lipinski definition) is 1. The van der Waals surface area contributed by atoms with Crippen LogP contribution in [-0.2, 0) is 9.59 Å². The second-order valence-electron chi connectivity index (χ2n) is 8.43. The molecule has 0 atom stereocenters. The van der Waals surface area contributed by atoms with Gasteiger partial charge in [0.05, 0.1) is 16.4 Å². The molecule has 1 aromatic heterocycles. The van der Waals surface area contributed by atoms with Gasteiger partial charge in [0.25, 0.3) is 0 Å². The Morgan fingerprint density at radius 3 is 2.42 bits per heavy atom. The van der Waals surface area contributed by atoms with Crippen molar-refractivity contribution in [1.29, 1.82) is 0 Å². The maximum absolute atomic E-state index is 12.7. The summed E-state index contributed by atoms with van der Waals surface area (Å²) in [6.45, 7) is 4.65. The van der Waals surface area contributed by atoms with E-state index in [4.69, 9.17) is 39.2 Å². The number of nitrogens with zero attached hydrogens (tertiary/aromatic N) is 2. The highest BCUT2D eigenvalue weighted by molar-refractivity contribution is 6.36. The lowest BCUT2D eigenvalue weighted by Gasteiger charge is -2.37. The predicted molar refractivity (Wildman–Crippen MR) is 147 cm³/mol. The topological polar surface area (TPSA) is 65.8 Å². The average Bonchev–Trinajstić information content (AvgIpc) is 3.32. The molecule has 2 amide bonds. The molecule has 0 saturated carbocycles. The molecule has 0 radical (unpaired) electrons. The van der Waals surface area contributed by atoms with Crippen LogP contribution in [0.1, 0.15) is 25.5 Å². The van der Waals surface area contributed by atoms with Crippen molar-refractivity contribution >= 4 is 64.1 Å². The van der Waals surface area contributed by atoms with Crippen LogP contribution in [0.2, 0.25) is 15.1 Å². The first-order valence-electron chi connectivity index (χ1n) is 11.7. The second-order valence-corrected chi connectivity index (χ2v) is 9.71. The van der Waals surface area contributed by atoms with Crippen LogP contribution in [0.15, 0.2) is 59.0 Å². The van der Waals surface area contributed by atoms with Gasteiger partial charge < -0.3 is 19.5 Å². The molecule has 6 nitrogen and oxygen atoms in total. The summed E-state index contributed by atoms with van der Waals surface area (Å²) in [5, 5.41) is 4.46. The van der Waals surface area contributed by atoms with Crippen molar-refractivity contribution in [3.63, 3.8) is 0 Å². The van der Waals surface area contributed by atoms with Gasteiger partial charge in [0.1, 0.15) is 11.5 Å². The number of amides is 2.